The summed E-state index contributed by atoms with van der Waals surface area (Å²) in [5.74, 6) is 3.29. The van der Waals surface area contributed by atoms with E-state index in [9.17, 15) is 9.59 Å². The van der Waals surface area contributed by atoms with Gasteiger partial charge in [0, 0.05) is 6.20 Å². The molecule has 0 N–H and O–H groups in total. The van der Waals surface area contributed by atoms with Crippen LogP contribution in [0.1, 0.15) is 31.0 Å². The Kier molecular flexibility index (Phi) is 9.17. The van der Waals surface area contributed by atoms with Gasteiger partial charge in [0.2, 0.25) is 0 Å². The van der Waals surface area contributed by atoms with Crippen LogP contribution in [0.5, 0.6) is 17.2 Å². The van der Waals surface area contributed by atoms with Crippen molar-refractivity contribution in [3.63, 3.8) is 0 Å². The molecule has 0 bridgehead atoms. The first kappa shape index (κ1) is 28.5. The third kappa shape index (κ3) is 5.91. The highest BCUT2D eigenvalue weighted by molar-refractivity contribution is 9.10. The number of ether oxygens (including phenoxy) is 4. The van der Waals surface area contributed by atoms with Gasteiger partial charge in [-0.3, -0.25) is 9.36 Å². The van der Waals surface area contributed by atoms with Crippen LogP contribution in [0.15, 0.2) is 56.4 Å². The van der Waals surface area contributed by atoms with Gasteiger partial charge in [0.05, 0.1) is 46.0 Å². The third-order valence-corrected chi connectivity index (χ3v) is 7.49. The molecule has 0 spiro atoms. The second kappa shape index (κ2) is 12.6. The number of hydrogen-bond donors (Lipinski definition) is 0. The van der Waals surface area contributed by atoms with E-state index in [-0.39, 0.29) is 17.7 Å². The van der Waals surface area contributed by atoms with E-state index in [4.69, 9.17) is 37.0 Å². The van der Waals surface area contributed by atoms with Gasteiger partial charge < -0.3 is 18.9 Å². The zero-order valence-corrected chi connectivity index (χ0v) is 24.5. The van der Waals surface area contributed by atoms with Crippen LogP contribution in [-0.4, -0.2) is 37.5 Å². The minimum Gasteiger partial charge on any atom is -0.490 e. The van der Waals surface area contributed by atoms with Crippen molar-refractivity contribution in [2.45, 2.75) is 19.9 Å². The third-order valence-electron chi connectivity index (χ3n) is 5.63. The number of methoxy groups -OCH3 is 1. The van der Waals surface area contributed by atoms with Crippen molar-refractivity contribution in [1.29, 1.82) is 0 Å². The van der Waals surface area contributed by atoms with Crippen molar-refractivity contribution in [1.82, 2.24) is 4.57 Å². The van der Waals surface area contributed by atoms with E-state index in [1.807, 2.05) is 13.8 Å². The maximum absolute atomic E-state index is 13.8. The summed E-state index contributed by atoms with van der Waals surface area (Å²) in [7, 11) is 1.29. The molecule has 11 heteroatoms. The summed E-state index contributed by atoms with van der Waals surface area (Å²) >= 11 is 11.0. The number of thiazole rings is 1. The summed E-state index contributed by atoms with van der Waals surface area (Å²) in [4.78, 5) is 31.4. The molecule has 0 aliphatic carbocycles. The molecule has 4 rings (SSSR count). The second-order valence-electron chi connectivity index (χ2n) is 8.05. The number of terminal acetylenes is 1. The van der Waals surface area contributed by atoms with Crippen molar-refractivity contribution >= 4 is 50.9 Å². The molecule has 3 aromatic rings. The summed E-state index contributed by atoms with van der Waals surface area (Å²) in [5, 5.41) is 0.336. The molecule has 1 aliphatic rings. The van der Waals surface area contributed by atoms with E-state index >= 15 is 0 Å². The Hall–Kier alpha value is -3.52. The fourth-order valence-corrected chi connectivity index (χ4v) is 6.01. The maximum atomic E-state index is 13.8. The molecule has 202 valence electrons. The topological polar surface area (TPSA) is 88.3 Å². The minimum absolute atomic E-state index is 0.0648. The lowest BCUT2D eigenvalue weighted by Gasteiger charge is -2.23. The molecule has 2 heterocycles. The Bertz CT molecular complexity index is 1650. The van der Waals surface area contributed by atoms with Crippen LogP contribution < -0.4 is 29.1 Å². The standard InChI is InChI=1S/C28H24BrClN2O6S/c1-5-10-38-25-19(29)11-16(12-20(25)30)13-23-26(33)32-24(18(27(34)35-4)15-31-28(32)39-23)17-8-9-21(36-6-2)22(14-17)37-7-3/h1,8-9,11-15,24H,6-7,10H2,2-4H3/b23-13-/t24-/m0/s1. The van der Waals surface area contributed by atoms with Gasteiger partial charge >= 0.3 is 5.97 Å². The molecule has 1 aromatic heterocycles. The first-order chi connectivity index (χ1) is 18.8. The average Bonchev–Trinajstić information content (AvgIpc) is 3.23. The number of fused-ring (bicyclic) bond motifs is 1. The smallest absolute Gasteiger partial charge is 0.337 e. The largest absolute Gasteiger partial charge is 0.490 e. The number of carbonyl (C=O) groups is 1. The molecule has 0 saturated heterocycles. The van der Waals surface area contributed by atoms with E-state index in [1.165, 1.54) is 29.2 Å². The molecule has 0 radical (unpaired) electrons. The molecule has 0 amide bonds. The fraction of sp³-hybridized carbons (Fsp3) is 0.250. The lowest BCUT2D eigenvalue weighted by molar-refractivity contribution is -0.136. The first-order valence-corrected chi connectivity index (χ1v) is 13.9. The number of halogens is 2. The van der Waals surface area contributed by atoms with Crippen LogP contribution in [-0.2, 0) is 9.53 Å². The zero-order chi connectivity index (χ0) is 28.1. The first-order valence-electron chi connectivity index (χ1n) is 11.9. The minimum atomic E-state index is -0.791. The highest BCUT2D eigenvalue weighted by atomic mass is 79.9. The van der Waals surface area contributed by atoms with E-state index in [0.717, 1.165) is 0 Å². The number of rotatable bonds is 9. The molecule has 0 fully saturated rings. The van der Waals surface area contributed by atoms with Gasteiger partial charge in [-0.15, -0.1) is 6.42 Å². The predicted molar refractivity (Wildman–Crippen MR) is 153 cm³/mol. The highest BCUT2D eigenvalue weighted by Crippen LogP contribution is 2.36. The quantitative estimate of drug-likeness (QED) is 0.259. The Morgan fingerprint density at radius 3 is 2.62 bits per heavy atom. The van der Waals surface area contributed by atoms with E-state index in [2.05, 4.69) is 26.8 Å². The lowest BCUT2D eigenvalue weighted by atomic mass is 9.97. The molecule has 8 nitrogen and oxygen atoms in total. The number of nitrogens with zero attached hydrogens (tertiary/aromatic N) is 2. The van der Waals surface area contributed by atoms with Crippen LogP contribution in [0.2, 0.25) is 5.02 Å². The van der Waals surface area contributed by atoms with Gasteiger partial charge in [-0.25, -0.2) is 9.79 Å². The molecule has 2 aromatic carbocycles. The normalized spacial score (nSPS) is 14.5. The van der Waals surface area contributed by atoms with Crippen molar-refractivity contribution < 1.29 is 23.7 Å². The monoisotopic (exact) mass is 630 g/mol. The Labute approximate surface area is 242 Å². The SMILES string of the molecule is C#CCOc1c(Cl)cc(/C=c2\sc3n(c2=O)[C@@H](c2ccc(OCC)c(OCC)c2)C(C(=O)OC)=CN=3)cc1Br. The number of hydrogen-bond acceptors (Lipinski definition) is 8. The molecular formula is C28H24BrClN2O6S. The zero-order valence-electron chi connectivity index (χ0n) is 21.3. The number of carbonyl (C=O) groups excluding carboxylic acids is 1. The van der Waals surface area contributed by atoms with Gasteiger partial charge in [0.15, 0.2) is 22.0 Å². The van der Waals surface area contributed by atoms with Gasteiger partial charge in [-0.1, -0.05) is 34.9 Å². The Morgan fingerprint density at radius 2 is 1.95 bits per heavy atom. The number of esters is 1. The maximum Gasteiger partial charge on any atom is 0.337 e. The van der Waals surface area contributed by atoms with Gasteiger partial charge in [-0.05, 0) is 71.2 Å². The summed E-state index contributed by atoms with van der Waals surface area (Å²) in [5.41, 5.74) is 1.18. The van der Waals surface area contributed by atoms with E-state index < -0.39 is 12.0 Å². The van der Waals surface area contributed by atoms with Crippen molar-refractivity contribution in [3.8, 4) is 29.6 Å². The van der Waals surface area contributed by atoms with Crippen molar-refractivity contribution in [3.05, 3.63) is 82.4 Å². The fourth-order valence-electron chi connectivity index (χ4n) is 4.05. The van der Waals surface area contributed by atoms with Crippen LogP contribution in [0, 0.1) is 12.3 Å². The van der Waals surface area contributed by atoms with Crippen LogP contribution >= 0.6 is 38.9 Å². The summed E-state index contributed by atoms with van der Waals surface area (Å²) < 4.78 is 24.5. The molecule has 1 aliphatic heterocycles. The lowest BCUT2D eigenvalue weighted by Crippen LogP contribution is -2.39. The number of aromatic nitrogens is 1. The van der Waals surface area contributed by atoms with Crippen LogP contribution in [0.25, 0.3) is 6.08 Å². The number of benzene rings is 2. The van der Waals surface area contributed by atoms with Crippen molar-refractivity contribution in [2.75, 3.05) is 26.9 Å². The van der Waals surface area contributed by atoms with Gasteiger partial charge in [-0.2, -0.15) is 0 Å². The Balaban J connectivity index is 1.87. The molecular weight excluding hydrogens is 608 g/mol. The molecule has 1 atom stereocenters. The summed E-state index contributed by atoms with van der Waals surface area (Å²) in [6, 6.07) is 7.98. The van der Waals surface area contributed by atoms with Crippen LogP contribution in [0.4, 0.5) is 0 Å². The summed E-state index contributed by atoms with van der Waals surface area (Å²) in [6.45, 7) is 4.68. The average molecular weight is 632 g/mol. The van der Waals surface area contributed by atoms with E-state index in [0.29, 0.717) is 60.4 Å². The van der Waals surface area contributed by atoms with Crippen LogP contribution in [0.3, 0.4) is 0 Å². The summed E-state index contributed by atoms with van der Waals surface area (Å²) in [6.07, 6.45) is 8.42. The van der Waals surface area contributed by atoms with Gasteiger partial charge in [0.25, 0.3) is 5.56 Å². The highest BCUT2D eigenvalue weighted by Gasteiger charge is 2.31. The Morgan fingerprint density at radius 1 is 1.21 bits per heavy atom. The van der Waals surface area contributed by atoms with Gasteiger partial charge in [0.1, 0.15) is 6.61 Å². The molecule has 0 unspecified atom stereocenters. The molecule has 39 heavy (non-hydrogen) atoms. The van der Waals surface area contributed by atoms with E-state index in [1.54, 1.807) is 36.4 Å². The second-order valence-corrected chi connectivity index (χ2v) is 10.3. The predicted octanol–water partition coefficient (Wildman–Crippen LogP) is 4.24. The van der Waals surface area contributed by atoms with Crippen molar-refractivity contribution in [2.24, 2.45) is 4.99 Å². The molecule has 0 saturated carbocycles.